The van der Waals surface area contributed by atoms with Crippen LogP contribution in [0.5, 0.6) is 0 Å². The number of carbonyl (C=O) groups is 1. The van der Waals surface area contributed by atoms with Gasteiger partial charge >= 0.3 is 0 Å². The maximum Gasteiger partial charge on any atom is 0.223 e. The molecule has 3 N–H and O–H groups in total. The number of nitrogens with one attached hydrogen (secondary N) is 3. The number of guanidine groups is 1. The zero-order chi connectivity index (χ0) is 16.5. The van der Waals surface area contributed by atoms with Gasteiger partial charge in [0.2, 0.25) is 5.91 Å². The zero-order valence-corrected chi connectivity index (χ0v) is 14.3. The summed E-state index contributed by atoms with van der Waals surface area (Å²) in [5.74, 6) is 1.22. The number of hydrogen-bond acceptors (Lipinski definition) is 2. The summed E-state index contributed by atoms with van der Waals surface area (Å²) in [6.07, 6.45) is 2.94. The van der Waals surface area contributed by atoms with Crippen molar-refractivity contribution in [2.24, 2.45) is 10.9 Å². The second kappa shape index (κ2) is 9.40. The average molecular weight is 337 g/mol. The molecule has 5 nitrogen and oxygen atoms in total. The second-order valence-corrected chi connectivity index (χ2v) is 6.07. The molecule has 1 aliphatic rings. The van der Waals surface area contributed by atoms with Crippen molar-refractivity contribution >= 4 is 23.5 Å². The first-order valence-corrected chi connectivity index (χ1v) is 8.61. The highest BCUT2D eigenvalue weighted by Gasteiger charge is 2.28. The summed E-state index contributed by atoms with van der Waals surface area (Å²) in [5, 5.41) is 10.1. The SMILES string of the molecule is CCNC(=NCCc1ccc(Cl)cc1)NCCNC(=O)C1CC1. The Morgan fingerprint density at radius 2 is 1.87 bits per heavy atom. The van der Waals surface area contributed by atoms with Crippen molar-refractivity contribution in [2.45, 2.75) is 26.2 Å². The van der Waals surface area contributed by atoms with Gasteiger partial charge in [0.15, 0.2) is 5.96 Å². The van der Waals surface area contributed by atoms with Crippen LogP contribution in [-0.4, -0.2) is 38.0 Å². The molecule has 0 aromatic heterocycles. The van der Waals surface area contributed by atoms with Crippen LogP contribution >= 0.6 is 11.6 Å². The molecule has 0 saturated heterocycles. The van der Waals surface area contributed by atoms with Gasteiger partial charge in [-0.25, -0.2) is 0 Å². The first-order valence-electron chi connectivity index (χ1n) is 8.23. The number of aliphatic imine (C=N–C) groups is 1. The van der Waals surface area contributed by atoms with E-state index in [1.54, 1.807) is 0 Å². The third kappa shape index (κ3) is 6.91. The number of carbonyl (C=O) groups excluding carboxylic acids is 1. The number of halogens is 1. The van der Waals surface area contributed by atoms with E-state index >= 15 is 0 Å². The highest BCUT2D eigenvalue weighted by molar-refractivity contribution is 6.30. The van der Waals surface area contributed by atoms with Crippen LogP contribution in [-0.2, 0) is 11.2 Å². The van der Waals surface area contributed by atoms with E-state index in [9.17, 15) is 4.79 Å². The molecule has 1 amide bonds. The molecular weight excluding hydrogens is 312 g/mol. The first-order chi connectivity index (χ1) is 11.2. The van der Waals surface area contributed by atoms with E-state index in [4.69, 9.17) is 11.6 Å². The van der Waals surface area contributed by atoms with E-state index in [2.05, 4.69) is 20.9 Å². The van der Waals surface area contributed by atoms with Gasteiger partial charge in [0, 0.05) is 37.1 Å². The fourth-order valence-corrected chi connectivity index (χ4v) is 2.27. The molecule has 0 aliphatic heterocycles. The molecule has 1 aromatic rings. The van der Waals surface area contributed by atoms with Gasteiger partial charge in [-0.15, -0.1) is 0 Å². The van der Waals surface area contributed by atoms with E-state index in [1.165, 1.54) is 5.56 Å². The molecule has 0 radical (unpaired) electrons. The molecule has 23 heavy (non-hydrogen) atoms. The van der Waals surface area contributed by atoms with Gasteiger partial charge in [0.05, 0.1) is 0 Å². The lowest BCUT2D eigenvalue weighted by Gasteiger charge is -2.11. The molecule has 0 atom stereocenters. The Hall–Kier alpha value is -1.75. The third-order valence-electron chi connectivity index (χ3n) is 3.59. The fraction of sp³-hybridized carbons (Fsp3) is 0.529. The number of amides is 1. The summed E-state index contributed by atoms with van der Waals surface area (Å²) >= 11 is 5.88. The van der Waals surface area contributed by atoms with Crippen molar-refractivity contribution in [2.75, 3.05) is 26.2 Å². The van der Waals surface area contributed by atoms with E-state index in [0.29, 0.717) is 19.6 Å². The Morgan fingerprint density at radius 1 is 1.17 bits per heavy atom. The summed E-state index contributed by atoms with van der Waals surface area (Å²) in [6, 6.07) is 7.83. The lowest BCUT2D eigenvalue weighted by atomic mass is 10.1. The highest BCUT2D eigenvalue weighted by Crippen LogP contribution is 2.28. The molecule has 126 valence electrons. The van der Waals surface area contributed by atoms with Crippen molar-refractivity contribution in [3.05, 3.63) is 34.9 Å². The standard InChI is InChI=1S/C17H25ClN4O/c1-2-19-17(22-12-11-20-16(23)14-5-6-14)21-10-9-13-3-7-15(18)8-4-13/h3-4,7-8,14H,2,5-6,9-12H2,1H3,(H,20,23)(H2,19,21,22). The van der Waals surface area contributed by atoms with Crippen LogP contribution < -0.4 is 16.0 Å². The molecular formula is C17H25ClN4O. The average Bonchev–Trinajstić information content (AvgIpc) is 3.38. The quantitative estimate of drug-likeness (QED) is 0.386. The topological polar surface area (TPSA) is 65.5 Å². The summed E-state index contributed by atoms with van der Waals surface area (Å²) in [6.45, 7) is 4.83. The van der Waals surface area contributed by atoms with Crippen LogP contribution in [0.2, 0.25) is 5.02 Å². The molecule has 0 heterocycles. The van der Waals surface area contributed by atoms with Crippen LogP contribution in [0.4, 0.5) is 0 Å². The maximum absolute atomic E-state index is 11.5. The van der Waals surface area contributed by atoms with Crippen LogP contribution in [0.15, 0.2) is 29.3 Å². The molecule has 1 fully saturated rings. The van der Waals surface area contributed by atoms with E-state index in [1.807, 2.05) is 31.2 Å². The molecule has 1 aromatic carbocycles. The van der Waals surface area contributed by atoms with Crippen molar-refractivity contribution in [3.63, 3.8) is 0 Å². The predicted molar refractivity (Wildman–Crippen MR) is 94.9 cm³/mol. The molecule has 6 heteroatoms. The fourth-order valence-electron chi connectivity index (χ4n) is 2.15. The molecule has 1 aliphatic carbocycles. The van der Waals surface area contributed by atoms with Gasteiger partial charge in [-0.1, -0.05) is 23.7 Å². The number of benzene rings is 1. The van der Waals surface area contributed by atoms with Crippen LogP contribution in [0.1, 0.15) is 25.3 Å². The van der Waals surface area contributed by atoms with Crippen LogP contribution in [0.25, 0.3) is 0 Å². The molecule has 0 spiro atoms. The lowest BCUT2D eigenvalue weighted by Crippen LogP contribution is -2.41. The highest BCUT2D eigenvalue weighted by atomic mass is 35.5. The van der Waals surface area contributed by atoms with E-state index in [-0.39, 0.29) is 11.8 Å². The van der Waals surface area contributed by atoms with Gasteiger partial charge in [0.1, 0.15) is 0 Å². The smallest absolute Gasteiger partial charge is 0.223 e. The van der Waals surface area contributed by atoms with Crippen LogP contribution in [0.3, 0.4) is 0 Å². The zero-order valence-electron chi connectivity index (χ0n) is 13.6. The maximum atomic E-state index is 11.5. The minimum atomic E-state index is 0.177. The van der Waals surface area contributed by atoms with Crippen molar-refractivity contribution < 1.29 is 4.79 Å². The predicted octanol–water partition coefficient (Wildman–Crippen LogP) is 1.96. The monoisotopic (exact) mass is 336 g/mol. The summed E-state index contributed by atoms with van der Waals surface area (Å²) in [5.41, 5.74) is 1.21. The van der Waals surface area contributed by atoms with Gasteiger partial charge in [-0.2, -0.15) is 0 Å². The summed E-state index contributed by atoms with van der Waals surface area (Å²) < 4.78 is 0. The number of hydrogen-bond donors (Lipinski definition) is 3. The number of rotatable bonds is 8. The molecule has 0 bridgehead atoms. The van der Waals surface area contributed by atoms with E-state index in [0.717, 1.165) is 36.8 Å². The Balaban J connectivity index is 1.68. The largest absolute Gasteiger partial charge is 0.357 e. The second-order valence-electron chi connectivity index (χ2n) is 5.63. The Labute approximate surface area is 142 Å². The van der Waals surface area contributed by atoms with Gasteiger partial charge in [-0.05, 0) is 43.9 Å². The Kier molecular flexibility index (Phi) is 7.20. The van der Waals surface area contributed by atoms with Gasteiger partial charge in [0.25, 0.3) is 0 Å². The van der Waals surface area contributed by atoms with Gasteiger partial charge in [-0.3, -0.25) is 9.79 Å². The molecule has 1 saturated carbocycles. The summed E-state index contributed by atoms with van der Waals surface area (Å²) in [7, 11) is 0. The lowest BCUT2D eigenvalue weighted by molar-refractivity contribution is -0.122. The normalized spacial score (nSPS) is 14.4. The molecule has 2 rings (SSSR count). The molecule has 0 unspecified atom stereocenters. The summed E-state index contributed by atoms with van der Waals surface area (Å²) in [4.78, 5) is 16.1. The Morgan fingerprint density at radius 3 is 2.52 bits per heavy atom. The number of nitrogens with zero attached hydrogens (tertiary/aromatic N) is 1. The van der Waals surface area contributed by atoms with Crippen molar-refractivity contribution in [1.82, 2.24) is 16.0 Å². The first kappa shape index (κ1) is 17.6. The minimum Gasteiger partial charge on any atom is -0.357 e. The van der Waals surface area contributed by atoms with Gasteiger partial charge < -0.3 is 16.0 Å². The minimum absolute atomic E-state index is 0.177. The van der Waals surface area contributed by atoms with Crippen molar-refractivity contribution in [3.8, 4) is 0 Å². The third-order valence-corrected chi connectivity index (χ3v) is 3.84. The Bertz CT molecular complexity index is 526. The van der Waals surface area contributed by atoms with Crippen LogP contribution in [0, 0.1) is 5.92 Å². The van der Waals surface area contributed by atoms with Crippen molar-refractivity contribution in [1.29, 1.82) is 0 Å². The van der Waals surface area contributed by atoms with E-state index < -0.39 is 0 Å².